The van der Waals surface area contributed by atoms with E-state index < -0.39 is 0 Å². The molecular formula is C15H18N6. The highest BCUT2D eigenvalue weighted by molar-refractivity contribution is 5.84. The highest BCUT2D eigenvalue weighted by atomic mass is 15.3. The summed E-state index contributed by atoms with van der Waals surface area (Å²) in [5.74, 6) is 1.16. The first-order valence-corrected chi connectivity index (χ1v) is 6.76. The molecule has 0 amide bonds. The first-order valence-electron chi connectivity index (χ1n) is 6.76. The normalized spacial score (nSPS) is 11.0. The second kappa shape index (κ2) is 5.05. The molecule has 0 fully saturated rings. The van der Waals surface area contributed by atoms with Crippen molar-refractivity contribution in [3.8, 4) is 0 Å². The van der Waals surface area contributed by atoms with Crippen molar-refractivity contribution < 1.29 is 0 Å². The summed E-state index contributed by atoms with van der Waals surface area (Å²) in [7, 11) is 3.87. The monoisotopic (exact) mass is 282 g/mol. The quantitative estimate of drug-likeness (QED) is 0.794. The van der Waals surface area contributed by atoms with Crippen LogP contribution in [0.3, 0.4) is 0 Å². The van der Waals surface area contributed by atoms with Gasteiger partial charge in [0.2, 0.25) is 0 Å². The molecular weight excluding hydrogens is 264 g/mol. The fraction of sp³-hybridized carbons (Fsp3) is 0.267. The van der Waals surface area contributed by atoms with Crippen LogP contribution < -0.4 is 10.6 Å². The van der Waals surface area contributed by atoms with Crippen LogP contribution in [0.1, 0.15) is 11.4 Å². The molecule has 108 valence electrons. The van der Waals surface area contributed by atoms with Crippen LogP contribution in [0.4, 0.5) is 11.5 Å². The Balaban J connectivity index is 1.92. The van der Waals surface area contributed by atoms with Gasteiger partial charge in [-0.2, -0.15) is 5.10 Å². The third-order valence-electron chi connectivity index (χ3n) is 3.49. The number of nitrogens with two attached hydrogens (primary N) is 1. The zero-order valence-corrected chi connectivity index (χ0v) is 12.4. The molecule has 0 saturated heterocycles. The highest BCUT2D eigenvalue weighted by Crippen LogP contribution is 2.19. The van der Waals surface area contributed by atoms with Crippen molar-refractivity contribution >= 4 is 22.5 Å². The molecule has 0 atom stereocenters. The predicted molar refractivity (Wildman–Crippen MR) is 84.0 cm³/mol. The van der Waals surface area contributed by atoms with Crippen LogP contribution in [0.2, 0.25) is 0 Å². The molecule has 2 N–H and O–H groups in total. The summed E-state index contributed by atoms with van der Waals surface area (Å²) in [6.45, 7) is 2.67. The molecule has 0 radical (unpaired) electrons. The summed E-state index contributed by atoms with van der Waals surface area (Å²) in [6.07, 6.45) is 1.69. The molecule has 0 saturated carbocycles. The molecule has 3 rings (SSSR count). The average Bonchev–Trinajstić information content (AvgIpc) is 2.81. The molecule has 2 aromatic heterocycles. The Morgan fingerprint density at radius 3 is 2.86 bits per heavy atom. The van der Waals surface area contributed by atoms with Gasteiger partial charge in [0, 0.05) is 19.8 Å². The van der Waals surface area contributed by atoms with Gasteiger partial charge in [0.25, 0.3) is 0 Å². The van der Waals surface area contributed by atoms with E-state index in [2.05, 4.69) is 45.1 Å². The number of fused-ring (bicyclic) bond motifs is 1. The van der Waals surface area contributed by atoms with E-state index in [0.29, 0.717) is 18.2 Å². The summed E-state index contributed by atoms with van der Waals surface area (Å²) in [6, 6.07) is 8.32. The van der Waals surface area contributed by atoms with Gasteiger partial charge in [-0.3, -0.25) is 4.68 Å². The molecule has 6 nitrogen and oxygen atoms in total. The molecule has 21 heavy (non-hydrogen) atoms. The minimum Gasteiger partial charge on any atom is -0.383 e. The number of aromatic nitrogens is 4. The predicted octanol–water partition coefficient (Wildman–Crippen LogP) is 1.89. The fourth-order valence-corrected chi connectivity index (χ4v) is 2.33. The van der Waals surface area contributed by atoms with Crippen molar-refractivity contribution in [3.05, 3.63) is 41.9 Å². The number of aryl methyl sites for hydroxylation is 2. The minimum atomic E-state index is 0.473. The standard InChI is InChI=1S/C15H18N6/c1-10-5-4-6-11(7-10)20(2)9-13-18-14(16)12-8-17-21(3)15(12)19-13/h4-8H,9H2,1-3H3,(H2,16,18,19). The minimum absolute atomic E-state index is 0.473. The van der Waals surface area contributed by atoms with E-state index in [4.69, 9.17) is 5.73 Å². The zero-order valence-electron chi connectivity index (χ0n) is 12.4. The summed E-state index contributed by atoms with van der Waals surface area (Å²) in [5, 5.41) is 4.96. The smallest absolute Gasteiger partial charge is 0.163 e. The topological polar surface area (TPSA) is 72.9 Å². The molecule has 0 unspecified atom stereocenters. The van der Waals surface area contributed by atoms with E-state index in [1.807, 2.05) is 20.2 Å². The van der Waals surface area contributed by atoms with Crippen molar-refractivity contribution in [2.45, 2.75) is 13.5 Å². The van der Waals surface area contributed by atoms with Crippen LogP contribution in [0.5, 0.6) is 0 Å². The maximum atomic E-state index is 5.99. The van der Waals surface area contributed by atoms with Gasteiger partial charge in [0.1, 0.15) is 5.82 Å². The summed E-state index contributed by atoms with van der Waals surface area (Å²) in [4.78, 5) is 11.0. The van der Waals surface area contributed by atoms with Gasteiger partial charge < -0.3 is 10.6 Å². The molecule has 1 aromatic carbocycles. The summed E-state index contributed by atoms with van der Waals surface area (Å²) >= 11 is 0. The van der Waals surface area contributed by atoms with Gasteiger partial charge in [-0.25, -0.2) is 9.97 Å². The van der Waals surface area contributed by atoms with Crippen LogP contribution in [0.15, 0.2) is 30.5 Å². The molecule has 0 bridgehead atoms. The second-order valence-electron chi connectivity index (χ2n) is 5.23. The highest BCUT2D eigenvalue weighted by Gasteiger charge is 2.11. The maximum Gasteiger partial charge on any atom is 0.163 e. The first kappa shape index (κ1) is 13.4. The van der Waals surface area contributed by atoms with E-state index >= 15 is 0 Å². The number of nitrogen functional groups attached to an aromatic ring is 1. The summed E-state index contributed by atoms with van der Waals surface area (Å²) < 4.78 is 1.71. The fourth-order valence-electron chi connectivity index (χ4n) is 2.33. The number of anilines is 2. The third-order valence-corrected chi connectivity index (χ3v) is 3.49. The molecule has 0 aliphatic carbocycles. The van der Waals surface area contributed by atoms with Crippen LogP contribution in [-0.2, 0) is 13.6 Å². The van der Waals surface area contributed by atoms with Crippen molar-refractivity contribution in [1.82, 2.24) is 19.7 Å². The van der Waals surface area contributed by atoms with E-state index in [-0.39, 0.29) is 0 Å². The van der Waals surface area contributed by atoms with Crippen LogP contribution >= 0.6 is 0 Å². The number of hydrogen-bond acceptors (Lipinski definition) is 5. The first-order chi connectivity index (χ1) is 10.0. The molecule has 2 heterocycles. The van der Waals surface area contributed by atoms with Crippen molar-refractivity contribution in [2.75, 3.05) is 17.7 Å². The SMILES string of the molecule is Cc1cccc(N(C)Cc2nc(N)c3cnn(C)c3n2)c1. The van der Waals surface area contributed by atoms with Gasteiger partial charge >= 0.3 is 0 Å². The van der Waals surface area contributed by atoms with Crippen LogP contribution in [0.25, 0.3) is 11.0 Å². The van der Waals surface area contributed by atoms with Crippen molar-refractivity contribution in [2.24, 2.45) is 7.05 Å². The Bertz CT molecular complexity index is 792. The number of benzene rings is 1. The Hall–Kier alpha value is -2.63. The van der Waals surface area contributed by atoms with Crippen LogP contribution in [-0.4, -0.2) is 26.8 Å². The number of rotatable bonds is 3. The number of hydrogen-bond donors (Lipinski definition) is 1. The lowest BCUT2D eigenvalue weighted by molar-refractivity contribution is 0.773. The van der Waals surface area contributed by atoms with Gasteiger partial charge in [-0.15, -0.1) is 0 Å². The van der Waals surface area contributed by atoms with Gasteiger partial charge in [-0.05, 0) is 24.6 Å². The van der Waals surface area contributed by atoms with Crippen molar-refractivity contribution in [1.29, 1.82) is 0 Å². The molecule has 0 spiro atoms. The van der Waals surface area contributed by atoms with Gasteiger partial charge in [-0.1, -0.05) is 12.1 Å². The molecule has 0 aliphatic heterocycles. The lowest BCUT2D eigenvalue weighted by Crippen LogP contribution is -2.19. The lowest BCUT2D eigenvalue weighted by atomic mass is 10.2. The van der Waals surface area contributed by atoms with E-state index in [9.17, 15) is 0 Å². The largest absolute Gasteiger partial charge is 0.383 e. The third kappa shape index (κ3) is 2.52. The average molecular weight is 282 g/mol. The summed E-state index contributed by atoms with van der Waals surface area (Å²) in [5.41, 5.74) is 9.10. The zero-order chi connectivity index (χ0) is 15.0. The van der Waals surface area contributed by atoms with Gasteiger partial charge in [0.05, 0.1) is 18.1 Å². The van der Waals surface area contributed by atoms with Crippen LogP contribution in [0, 0.1) is 6.92 Å². The van der Waals surface area contributed by atoms with Gasteiger partial charge in [0.15, 0.2) is 11.5 Å². The molecule has 0 aliphatic rings. The molecule has 3 aromatic rings. The van der Waals surface area contributed by atoms with E-state index in [0.717, 1.165) is 16.7 Å². The Labute approximate surface area is 123 Å². The van der Waals surface area contributed by atoms with E-state index in [1.165, 1.54) is 5.56 Å². The Morgan fingerprint density at radius 1 is 1.29 bits per heavy atom. The molecule has 6 heteroatoms. The lowest BCUT2D eigenvalue weighted by Gasteiger charge is -2.19. The number of nitrogens with zero attached hydrogens (tertiary/aromatic N) is 5. The Morgan fingerprint density at radius 2 is 2.10 bits per heavy atom. The van der Waals surface area contributed by atoms with E-state index in [1.54, 1.807) is 10.9 Å². The van der Waals surface area contributed by atoms with Crippen molar-refractivity contribution in [3.63, 3.8) is 0 Å². The Kier molecular flexibility index (Phi) is 3.21. The maximum absolute atomic E-state index is 5.99. The second-order valence-corrected chi connectivity index (χ2v) is 5.23.